The fourth-order valence-electron chi connectivity index (χ4n) is 4.17. The Hall–Kier alpha value is -2.59. The molecule has 1 unspecified atom stereocenters. The summed E-state index contributed by atoms with van der Waals surface area (Å²) in [7, 11) is 2.52. The van der Waals surface area contributed by atoms with Crippen LogP contribution in [0.4, 0.5) is 0 Å². The molecule has 0 saturated heterocycles. The van der Waals surface area contributed by atoms with E-state index in [9.17, 15) is 13.2 Å². The van der Waals surface area contributed by atoms with Gasteiger partial charge < -0.3 is 9.80 Å². The lowest BCUT2D eigenvalue weighted by molar-refractivity contribution is 0.0784. The lowest BCUT2D eigenvalue weighted by Crippen LogP contribution is -2.30. The highest BCUT2D eigenvalue weighted by Gasteiger charge is 2.27. The fraction of sp³-hybridized carbons (Fsp3) is 0.333. The van der Waals surface area contributed by atoms with Crippen LogP contribution >= 0.6 is 23.4 Å². The number of amides is 1. The van der Waals surface area contributed by atoms with E-state index >= 15 is 0 Å². The van der Waals surface area contributed by atoms with Crippen molar-refractivity contribution >= 4 is 44.0 Å². The van der Waals surface area contributed by atoms with Crippen molar-refractivity contribution in [2.45, 2.75) is 23.0 Å². The molecule has 2 heterocycles. The minimum atomic E-state index is -3.29. The third-order valence-electron chi connectivity index (χ3n) is 6.15. The molecule has 1 aromatic heterocycles. The molecule has 0 saturated carbocycles. The van der Waals surface area contributed by atoms with Gasteiger partial charge in [0.05, 0.1) is 21.3 Å². The number of hydrogen-bond donors (Lipinski definition) is 0. The average Bonchev–Trinajstić information content (AvgIpc) is 3.51. The molecule has 1 aliphatic heterocycles. The van der Waals surface area contributed by atoms with Crippen molar-refractivity contribution in [3.05, 3.63) is 82.6 Å². The molecule has 0 radical (unpaired) electrons. The minimum absolute atomic E-state index is 0.0548. The normalized spacial score (nSPS) is 15.7. The van der Waals surface area contributed by atoms with E-state index in [2.05, 4.69) is 11.0 Å². The molecule has 1 amide bonds. The lowest BCUT2D eigenvalue weighted by atomic mass is 10.1. The monoisotopic (exact) mass is 558 g/mol. The molecule has 10 heteroatoms. The third-order valence-corrected chi connectivity index (χ3v) is 8.96. The van der Waals surface area contributed by atoms with Crippen LogP contribution in [0.3, 0.4) is 0 Å². The quantitative estimate of drug-likeness (QED) is 0.360. The predicted molar refractivity (Wildman–Crippen MR) is 151 cm³/mol. The van der Waals surface area contributed by atoms with Crippen molar-refractivity contribution in [2.75, 3.05) is 40.5 Å². The highest BCUT2D eigenvalue weighted by atomic mass is 35.5. The molecule has 1 atom stereocenters. The van der Waals surface area contributed by atoms with E-state index in [-0.39, 0.29) is 11.2 Å². The van der Waals surface area contributed by atoms with Gasteiger partial charge in [-0.15, -0.1) is 11.8 Å². The number of halogens is 1. The molecular weight excluding hydrogens is 528 g/mol. The summed E-state index contributed by atoms with van der Waals surface area (Å²) in [6.07, 6.45) is 4.93. The summed E-state index contributed by atoms with van der Waals surface area (Å²) < 4.78 is 25.8. The molecule has 4 rings (SSSR count). The molecule has 0 fully saturated rings. The van der Waals surface area contributed by atoms with Crippen molar-refractivity contribution in [3.8, 4) is 5.69 Å². The highest BCUT2D eigenvalue weighted by molar-refractivity contribution is 8.08. The van der Waals surface area contributed by atoms with E-state index in [0.29, 0.717) is 27.8 Å². The number of aromatic nitrogens is 2. The third kappa shape index (κ3) is 6.46. The van der Waals surface area contributed by atoms with E-state index in [1.165, 1.54) is 6.26 Å². The molecule has 7 nitrogen and oxygen atoms in total. The predicted octanol–water partition coefficient (Wildman–Crippen LogP) is 5.17. The Kier molecular flexibility index (Phi) is 8.48. The number of carbonyl (C=O) groups is 1. The molecule has 0 bridgehead atoms. The molecule has 0 spiro atoms. The topological polar surface area (TPSA) is 75.5 Å². The number of allylic oxidation sites excluding steroid dienone is 1. The molecule has 1 aliphatic rings. The van der Waals surface area contributed by atoms with Crippen molar-refractivity contribution in [2.24, 2.45) is 0 Å². The van der Waals surface area contributed by atoms with Crippen LogP contribution in [0, 0.1) is 0 Å². The first-order chi connectivity index (χ1) is 17.5. The second kappa shape index (κ2) is 11.4. The fourth-order valence-corrected chi connectivity index (χ4v) is 6.30. The van der Waals surface area contributed by atoms with Gasteiger partial charge in [-0.05, 0) is 69.4 Å². The van der Waals surface area contributed by atoms with Gasteiger partial charge in [0, 0.05) is 30.0 Å². The number of thioether (sulfide) groups is 1. The number of carbonyl (C=O) groups excluding carboxylic acids is 1. The second-order valence-electron chi connectivity index (χ2n) is 9.42. The SMILES string of the molecule is CN(C)CCCN(C)C(=O)c1cc(C2=CCC(c3cccc(S(C)(=O)=O)c3)S2)n(-c2ccccc2Cl)n1. The summed E-state index contributed by atoms with van der Waals surface area (Å²) >= 11 is 8.16. The number of nitrogens with zero attached hydrogens (tertiary/aromatic N) is 4. The standard InChI is InChI=1S/C27H31ClN4O3S2/c1-30(2)15-8-16-31(3)27(33)22-18-24(32(29-22)23-12-6-5-11-21(23)28)26-14-13-25(36-26)19-9-7-10-20(17-19)37(4,34)35/h5-7,9-12,14,17-18,25H,8,13,15-16H2,1-4H3. The van der Waals surface area contributed by atoms with Gasteiger partial charge in [-0.1, -0.05) is 41.9 Å². The molecule has 196 valence electrons. The van der Waals surface area contributed by atoms with Crippen molar-refractivity contribution in [1.82, 2.24) is 19.6 Å². The lowest BCUT2D eigenvalue weighted by Gasteiger charge is -2.17. The molecule has 37 heavy (non-hydrogen) atoms. The van der Waals surface area contributed by atoms with Crippen molar-refractivity contribution in [1.29, 1.82) is 0 Å². The molecule has 3 aromatic rings. The molecule has 0 aliphatic carbocycles. The number of sulfone groups is 1. The van der Waals surface area contributed by atoms with E-state index in [0.717, 1.165) is 35.5 Å². The first kappa shape index (κ1) is 27.4. The first-order valence-electron chi connectivity index (χ1n) is 12.0. The van der Waals surface area contributed by atoms with Gasteiger partial charge in [-0.25, -0.2) is 13.1 Å². The van der Waals surface area contributed by atoms with Crippen molar-refractivity contribution < 1.29 is 13.2 Å². The molecule has 2 aromatic carbocycles. The van der Waals surface area contributed by atoms with Crippen LogP contribution in [-0.2, 0) is 9.84 Å². The number of rotatable bonds is 9. The van der Waals surface area contributed by atoms with E-state index in [1.807, 2.05) is 44.4 Å². The van der Waals surface area contributed by atoms with Gasteiger partial charge in [0.2, 0.25) is 0 Å². The van der Waals surface area contributed by atoms with Crippen LogP contribution in [0.2, 0.25) is 5.02 Å². The van der Waals surface area contributed by atoms with Crippen LogP contribution in [0.5, 0.6) is 0 Å². The maximum atomic E-state index is 13.3. The van der Waals surface area contributed by atoms with Gasteiger partial charge in [0.1, 0.15) is 0 Å². The molecular formula is C27H31ClN4O3S2. The summed E-state index contributed by atoms with van der Waals surface area (Å²) in [5, 5.41) is 5.28. The van der Waals surface area contributed by atoms with E-state index < -0.39 is 9.84 Å². The Labute approximate surface area is 228 Å². The van der Waals surface area contributed by atoms with Gasteiger partial charge >= 0.3 is 0 Å². The minimum Gasteiger partial charge on any atom is -0.340 e. The van der Waals surface area contributed by atoms with Crippen LogP contribution in [0.15, 0.2) is 65.6 Å². The summed E-state index contributed by atoms with van der Waals surface area (Å²) in [5.41, 5.74) is 2.77. The Morgan fingerprint density at radius 3 is 2.57 bits per heavy atom. The number of benzene rings is 2. The van der Waals surface area contributed by atoms with Gasteiger partial charge in [0.25, 0.3) is 5.91 Å². The first-order valence-corrected chi connectivity index (χ1v) is 15.1. The van der Waals surface area contributed by atoms with E-state index in [1.54, 1.807) is 52.7 Å². The average molecular weight is 559 g/mol. The Bertz CT molecular complexity index is 1430. The number of hydrogen-bond acceptors (Lipinski definition) is 6. The smallest absolute Gasteiger partial charge is 0.274 e. The van der Waals surface area contributed by atoms with Crippen LogP contribution in [0.25, 0.3) is 10.6 Å². The maximum absolute atomic E-state index is 13.3. The second-order valence-corrected chi connectivity index (χ2v) is 13.1. The Morgan fingerprint density at radius 2 is 1.86 bits per heavy atom. The Balaban J connectivity index is 1.64. The zero-order chi connectivity index (χ0) is 26.7. The zero-order valence-electron chi connectivity index (χ0n) is 21.4. The number of para-hydroxylation sites is 1. The molecule has 0 N–H and O–H groups in total. The highest BCUT2D eigenvalue weighted by Crippen LogP contribution is 2.49. The summed E-state index contributed by atoms with van der Waals surface area (Å²) in [5.74, 6) is -0.146. The largest absolute Gasteiger partial charge is 0.340 e. The van der Waals surface area contributed by atoms with Gasteiger partial charge in [-0.3, -0.25) is 4.79 Å². The van der Waals surface area contributed by atoms with Gasteiger partial charge in [-0.2, -0.15) is 5.10 Å². The zero-order valence-corrected chi connectivity index (χ0v) is 23.8. The maximum Gasteiger partial charge on any atom is 0.274 e. The summed E-state index contributed by atoms with van der Waals surface area (Å²) in [6, 6.07) is 16.3. The van der Waals surface area contributed by atoms with Crippen LogP contribution in [0.1, 0.15) is 39.8 Å². The summed E-state index contributed by atoms with van der Waals surface area (Å²) in [6.45, 7) is 1.52. The van der Waals surface area contributed by atoms with Crippen molar-refractivity contribution in [3.63, 3.8) is 0 Å². The van der Waals surface area contributed by atoms with Crippen LogP contribution < -0.4 is 0 Å². The van der Waals surface area contributed by atoms with E-state index in [4.69, 9.17) is 16.7 Å². The van der Waals surface area contributed by atoms with Crippen LogP contribution in [-0.4, -0.2) is 74.4 Å². The summed E-state index contributed by atoms with van der Waals surface area (Å²) in [4.78, 5) is 18.3. The van der Waals surface area contributed by atoms with Gasteiger partial charge in [0.15, 0.2) is 15.5 Å². The Morgan fingerprint density at radius 1 is 1.11 bits per heavy atom.